The highest BCUT2D eigenvalue weighted by atomic mass is 35.5. The maximum atomic E-state index is 12.1. The van der Waals surface area contributed by atoms with Gasteiger partial charge in [0.25, 0.3) is 0 Å². The Morgan fingerprint density at radius 2 is 1.15 bits per heavy atom. The van der Waals surface area contributed by atoms with Crippen molar-refractivity contribution < 1.29 is 20.1 Å². The Morgan fingerprint density at radius 3 is 1.59 bits per heavy atom. The minimum Gasteiger partial charge on any atom is -0.508 e. The molecule has 5 nitrogen and oxygen atoms in total. The number of anilines is 1. The Bertz CT molecular complexity index is 960. The summed E-state index contributed by atoms with van der Waals surface area (Å²) in [6, 6.07) is 4.67. The number of hydrogen-bond donors (Lipinski definition) is 4. The van der Waals surface area contributed by atoms with Gasteiger partial charge in [-0.15, -0.1) is 0 Å². The number of phenolic OH excluding ortho intramolecular Hbond substituents is 3. The van der Waals surface area contributed by atoms with Crippen molar-refractivity contribution in [2.45, 2.75) is 124 Å². The molecule has 0 bridgehead atoms. The van der Waals surface area contributed by atoms with Crippen molar-refractivity contribution in [3.05, 3.63) is 44.9 Å². The van der Waals surface area contributed by atoms with Crippen molar-refractivity contribution in [2.24, 2.45) is 0 Å². The molecule has 0 aliphatic rings. The molecule has 0 fully saturated rings. The molecule has 0 saturated heterocycles. The fourth-order valence-electron chi connectivity index (χ4n) is 4.37. The lowest BCUT2D eigenvalue weighted by Crippen LogP contribution is -2.11. The molecule has 7 heteroatoms. The van der Waals surface area contributed by atoms with Crippen molar-refractivity contribution in [3.8, 4) is 17.2 Å². The third kappa shape index (κ3) is 13.7. The molecule has 0 radical (unpaired) electrons. The number of benzene rings is 2. The van der Waals surface area contributed by atoms with E-state index >= 15 is 0 Å². The molecule has 2 aromatic carbocycles. The molecule has 220 valence electrons. The first-order chi connectivity index (χ1) is 18.6. The molecule has 2 aromatic rings. The molecule has 0 aliphatic carbocycles. The van der Waals surface area contributed by atoms with Crippen LogP contribution in [-0.4, -0.2) is 21.2 Å². The summed E-state index contributed by atoms with van der Waals surface area (Å²) in [5.41, 5.74) is 2.38. The Morgan fingerprint density at radius 1 is 0.718 bits per heavy atom. The number of aryl methyl sites for hydroxylation is 2. The second-order valence-corrected chi connectivity index (χ2v) is 11.2. The number of rotatable bonds is 16. The van der Waals surface area contributed by atoms with E-state index < -0.39 is 0 Å². The zero-order valence-corrected chi connectivity index (χ0v) is 25.9. The molecule has 0 unspecified atom stereocenters. The first-order valence-corrected chi connectivity index (χ1v) is 15.4. The highest BCUT2D eigenvalue weighted by Crippen LogP contribution is 2.39. The molecule has 39 heavy (non-hydrogen) atoms. The van der Waals surface area contributed by atoms with Crippen LogP contribution in [0.25, 0.3) is 0 Å². The molecule has 0 heterocycles. The van der Waals surface area contributed by atoms with Gasteiger partial charge in [0.05, 0.1) is 10.7 Å². The van der Waals surface area contributed by atoms with Gasteiger partial charge < -0.3 is 20.6 Å². The fourth-order valence-corrected chi connectivity index (χ4v) is 5.09. The van der Waals surface area contributed by atoms with Gasteiger partial charge in [0.15, 0.2) is 5.75 Å². The van der Waals surface area contributed by atoms with Crippen LogP contribution in [0.5, 0.6) is 17.2 Å². The van der Waals surface area contributed by atoms with E-state index in [4.69, 9.17) is 33.4 Å². The summed E-state index contributed by atoms with van der Waals surface area (Å²) in [7, 11) is 0. The summed E-state index contributed by atoms with van der Waals surface area (Å²) in [6.07, 6.45) is 17.7. The largest absolute Gasteiger partial charge is 0.508 e. The number of phenols is 3. The van der Waals surface area contributed by atoms with E-state index in [1.54, 1.807) is 32.0 Å². The second kappa shape index (κ2) is 19.9. The quantitative estimate of drug-likeness (QED) is 0.0900. The van der Waals surface area contributed by atoms with Gasteiger partial charge in [0.2, 0.25) is 5.91 Å². The van der Waals surface area contributed by atoms with Crippen molar-refractivity contribution in [2.75, 3.05) is 5.32 Å². The number of unbranched alkanes of at least 4 members (excludes halogenated alkanes) is 12. The van der Waals surface area contributed by atoms with E-state index in [-0.39, 0.29) is 33.9 Å². The maximum absolute atomic E-state index is 12.1. The zero-order valence-electron chi connectivity index (χ0n) is 24.3. The fraction of sp³-hybridized carbons (Fsp3) is 0.594. The van der Waals surface area contributed by atoms with Gasteiger partial charge in [0, 0.05) is 11.4 Å². The average Bonchev–Trinajstić information content (AvgIpc) is 2.89. The van der Waals surface area contributed by atoms with E-state index in [1.165, 1.54) is 70.6 Å². The summed E-state index contributed by atoms with van der Waals surface area (Å²) >= 11 is 12.3. The molecule has 0 aromatic heterocycles. The van der Waals surface area contributed by atoms with E-state index in [0.29, 0.717) is 34.6 Å². The lowest BCUT2D eigenvalue weighted by Gasteiger charge is -2.13. The third-order valence-corrected chi connectivity index (χ3v) is 7.68. The summed E-state index contributed by atoms with van der Waals surface area (Å²) in [6.45, 7) is 7.66. The number of carbonyl (C=O) groups excluding carboxylic acids is 1. The lowest BCUT2D eigenvalue weighted by molar-refractivity contribution is -0.116. The number of halogens is 2. The summed E-state index contributed by atoms with van der Waals surface area (Å²) in [5, 5.41) is 31.8. The van der Waals surface area contributed by atoms with Crippen LogP contribution in [0.2, 0.25) is 10.0 Å². The van der Waals surface area contributed by atoms with Crippen LogP contribution >= 0.6 is 23.2 Å². The Balaban J connectivity index is 0.000000633. The highest BCUT2D eigenvalue weighted by molar-refractivity contribution is 6.37. The molecule has 4 N–H and O–H groups in total. The van der Waals surface area contributed by atoms with Crippen LogP contribution in [0, 0.1) is 13.8 Å². The molecule has 0 aliphatic heterocycles. The normalized spacial score (nSPS) is 10.7. The summed E-state index contributed by atoms with van der Waals surface area (Å²) in [4.78, 5) is 12.1. The van der Waals surface area contributed by atoms with Gasteiger partial charge in [-0.1, -0.05) is 114 Å². The molecule has 0 atom stereocenters. The van der Waals surface area contributed by atoms with Gasteiger partial charge in [0.1, 0.15) is 11.5 Å². The highest BCUT2D eigenvalue weighted by Gasteiger charge is 2.15. The minimum absolute atomic E-state index is 0.105. The molecule has 1 amide bonds. The van der Waals surface area contributed by atoms with Crippen LogP contribution in [0.1, 0.15) is 120 Å². The van der Waals surface area contributed by atoms with E-state index in [9.17, 15) is 9.90 Å². The predicted octanol–water partition coefficient (Wildman–Crippen LogP) is 10.4. The van der Waals surface area contributed by atoms with Gasteiger partial charge in [-0.2, -0.15) is 0 Å². The molecule has 0 saturated carbocycles. The topological polar surface area (TPSA) is 89.8 Å². The van der Waals surface area contributed by atoms with E-state index in [2.05, 4.69) is 12.2 Å². The lowest BCUT2D eigenvalue weighted by atomic mass is 10.0. The van der Waals surface area contributed by atoms with Crippen LogP contribution in [0.15, 0.2) is 18.2 Å². The first-order valence-electron chi connectivity index (χ1n) is 14.6. The number of carbonyl (C=O) groups is 1. The first kappa shape index (κ1) is 34.9. The van der Waals surface area contributed by atoms with Crippen molar-refractivity contribution in [1.29, 1.82) is 0 Å². The van der Waals surface area contributed by atoms with Crippen LogP contribution in [-0.2, 0) is 11.2 Å². The standard InChI is InChI=1S/C24H39Cl2NO2.C8H10O2/c1-3-5-6-7-8-9-10-11-12-13-14-15-16-17-22(28)27-21-18-20(25)19(4-2)23(26)24(21)29;1-5-3-8(10)6(2)4-7(5)9/h18,29H,3-17H2,1-2H3,(H,27,28);3-4,9-10H,1-2H3. The van der Waals surface area contributed by atoms with E-state index in [1.807, 2.05) is 6.92 Å². The second-order valence-electron chi connectivity index (χ2n) is 10.4. The van der Waals surface area contributed by atoms with Crippen molar-refractivity contribution >= 4 is 34.8 Å². The Hall–Kier alpha value is -2.11. The molecule has 2 rings (SSSR count). The van der Waals surface area contributed by atoms with Crippen molar-refractivity contribution in [1.82, 2.24) is 0 Å². The third-order valence-electron chi connectivity index (χ3n) is 6.94. The molecule has 0 spiro atoms. The van der Waals surface area contributed by atoms with Gasteiger partial charge in [-0.3, -0.25) is 4.79 Å². The SMILES string of the molecule is CCCCCCCCCCCCCCCC(=O)Nc1cc(Cl)c(CC)c(Cl)c1O.Cc1cc(O)c(C)cc1O. The van der Waals surface area contributed by atoms with E-state index in [0.717, 1.165) is 12.8 Å². The number of hydrogen-bond acceptors (Lipinski definition) is 4. The minimum atomic E-state index is -0.111. The van der Waals surface area contributed by atoms with Crippen LogP contribution in [0.3, 0.4) is 0 Å². The van der Waals surface area contributed by atoms with Crippen LogP contribution in [0.4, 0.5) is 5.69 Å². The number of aromatic hydroxyl groups is 3. The van der Waals surface area contributed by atoms with Gasteiger partial charge in [-0.25, -0.2) is 0 Å². The van der Waals surface area contributed by atoms with Crippen LogP contribution < -0.4 is 5.32 Å². The van der Waals surface area contributed by atoms with Gasteiger partial charge in [-0.05, 0) is 61.6 Å². The number of amides is 1. The Kier molecular flexibility index (Phi) is 17.8. The summed E-state index contributed by atoms with van der Waals surface area (Å²) < 4.78 is 0. The average molecular weight is 583 g/mol. The Labute approximate surface area is 245 Å². The molecular weight excluding hydrogens is 533 g/mol. The van der Waals surface area contributed by atoms with Gasteiger partial charge >= 0.3 is 0 Å². The number of nitrogens with one attached hydrogen (secondary N) is 1. The van der Waals surface area contributed by atoms with Crippen molar-refractivity contribution in [3.63, 3.8) is 0 Å². The summed E-state index contributed by atoms with van der Waals surface area (Å²) in [5.74, 6) is 0.247. The zero-order chi connectivity index (χ0) is 29.2. The smallest absolute Gasteiger partial charge is 0.224 e. The monoisotopic (exact) mass is 581 g/mol. The molecular formula is C32H49Cl2NO4. The maximum Gasteiger partial charge on any atom is 0.224 e. The predicted molar refractivity (Wildman–Crippen MR) is 166 cm³/mol.